The zero-order valence-electron chi connectivity index (χ0n) is 11.1. The predicted octanol–water partition coefficient (Wildman–Crippen LogP) is 3.18. The minimum Gasteiger partial charge on any atom is -0.392 e. The average molecular weight is 260 g/mol. The van der Waals surface area contributed by atoms with Crippen LogP contribution in [0.3, 0.4) is 0 Å². The molecular formula is C15H17FN2O. The predicted molar refractivity (Wildman–Crippen MR) is 74.0 cm³/mol. The van der Waals surface area contributed by atoms with E-state index in [1.165, 1.54) is 12.1 Å². The Kier molecular flexibility index (Phi) is 4.12. The molecule has 100 valence electrons. The molecule has 19 heavy (non-hydrogen) atoms. The molecule has 0 unspecified atom stereocenters. The Labute approximate surface area is 112 Å². The minimum atomic E-state index is -0.256. The van der Waals surface area contributed by atoms with Gasteiger partial charge in [0.25, 0.3) is 0 Å². The third-order valence-corrected chi connectivity index (χ3v) is 2.91. The molecule has 1 heterocycles. The molecule has 0 saturated heterocycles. The van der Waals surface area contributed by atoms with Crippen LogP contribution in [-0.4, -0.2) is 16.6 Å². The van der Waals surface area contributed by atoms with Gasteiger partial charge < -0.3 is 10.0 Å². The number of nitrogens with zero attached hydrogens (tertiary/aromatic N) is 2. The molecule has 0 spiro atoms. The molecule has 0 radical (unpaired) electrons. The second-order valence-electron chi connectivity index (χ2n) is 4.35. The number of aryl methyl sites for hydroxylation is 1. The van der Waals surface area contributed by atoms with Crippen molar-refractivity contribution in [3.8, 4) is 0 Å². The Balaban J connectivity index is 2.41. The molecule has 0 aliphatic carbocycles. The second-order valence-corrected chi connectivity index (χ2v) is 4.35. The summed E-state index contributed by atoms with van der Waals surface area (Å²) in [6.45, 7) is 4.59. The average Bonchev–Trinajstić information content (AvgIpc) is 2.41. The molecule has 1 N–H and O–H groups in total. The van der Waals surface area contributed by atoms with Crippen LogP contribution in [0, 0.1) is 12.7 Å². The number of aromatic nitrogens is 1. The number of pyridine rings is 1. The Morgan fingerprint density at radius 1 is 1.21 bits per heavy atom. The number of halogens is 1. The Morgan fingerprint density at radius 3 is 2.47 bits per heavy atom. The van der Waals surface area contributed by atoms with E-state index in [1.54, 1.807) is 12.1 Å². The number of aliphatic hydroxyl groups is 1. The van der Waals surface area contributed by atoms with E-state index in [0.717, 1.165) is 22.8 Å². The summed E-state index contributed by atoms with van der Waals surface area (Å²) in [5, 5.41) is 9.25. The molecule has 0 fully saturated rings. The normalized spacial score (nSPS) is 10.5. The van der Waals surface area contributed by atoms with Crippen molar-refractivity contribution in [3.63, 3.8) is 0 Å². The van der Waals surface area contributed by atoms with Crippen molar-refractivity contribution in [3.05, 3.63) is 53.5 Å². The zero-order valence-corrected chi connectivity index (χ0v) is 11.1. The molecule has 1 aromatic heterocycles. The summed E-state index contributed by atoms with van der Waals surface area (Å²) in [5.41, 5.74) is 2.55. The number of hydrogen-bond acceptors (Lipinski definition) is 3. The highest BCUT2D eigenvalue weighted by Gasteiger charge is 2.10. The number of anilines is 2. The largest absolute Gasteiger partial charge is 0.392 e. The number of aliphatic hydroxyl groups excluding tert-OH is 1. The van der Waals surface area contributed by atoms with Gasteiger partial charge in [-0.2, -0.15) is 0 Å². The molecule has 1 aromatic carbocycles. The van der Waals surface area contributed by atoms with Crippen LogP contribution in [0.25, 0.3) is 0 Å². The van der Waals surface area contributed by atoms with Crippen LogP contribution < -0.4 is 4.90 Å². The maximum absolute atomic E-state index is 13.0. The van der Waals surface area contributed by atoms with Crippen LogP contribution in [0.1, 0.15) is 18.2 Å². The lowest BCUT2D eigenvalue weighted by Crippen LogP contribution is -2.18. The molecule has 0 aliphatic rings. The third-order valence-electron chi connectivity index (χ3n) is 2.91. The van der Waals surface area contributed by atoms with Crippen LogP contribution >= 0.6 is 0 Å². The first kappa shape index (κ1) is 13.5. The Morgan fingerprint density at radius 2 is 1.89 bits per heavy atom. The first-order valence-electron chi connectivity index (χ1n) is 6.25. The molecule has 2 aromatic rings. The van der Waals surface area contributed by atoms with Crippen molar-refractivity contribution in [1.29, 1.82) is 0 Å². The number of benzene rings is 1. The van der Waals surface area contributed by atoms with E-state index < -0.39 is 0 Å². The topological polar surface area (TPSA) is 36.4 Å². The molecule has 3 nitrogen and oxygen atoms in total. The fourth-order valence-electron chi connectivity index (χ4n) is 2.05. The van der Waals surface area contributed by atoms with Gasteiger partial charge in [-0.25, -0.2) is 9.37 Å². The molecule has 4 heteroatoms. The summed E-state index contributed by atoms with van der Waals surface area (Å²) in [7, 11) is 0. The smallest absolute Gasteiger partial charge is 0.133 e. The molecule has 2 rings (SSSR count). The second kappa shape index (κ2) is 5.80. The van der Waals surface area contributed by atoms with E-state index in [4.69, 9.17) is 0 Å². The first-order valence-corrected chi connectivity index (χ1v) is 6.25. The van der Waals surface area contributed by atoms with Gasteiger partial charge in [-0.1, -0.05) is 0 Å². The van der Waals surface area contributed by atoms with Crippen LogP contribution in [0.15, 0.2) is 36.4 Å². The Hall–Kier alpha value is -1.94. The van der Waals surface area contributed by atoms with Crippen molar-refractivity contribution in [2.75, 3.05) is 11.4 Å². The van der Waals surface area contributed by atoms with Crippen LogP contribution in [0.5, 0.6) is 0 Å². The number of hydrogen-bond donors (Lipinski definition) is 1. The monoisotopic (exact) mass is 260 g/mol. The molecule has 0 aliphatic heterocycles. The summed E-state index contributed by atoms with van der Waals surface area (Å²) in [4.78, 5) is 6.45. The summed E-state index contributed by atoms with van der Waals surface area (Å²) in [6, 6.07) is 10.0. The fourth-order valence-corrected chi connectivity index (χ4v) is 2.05. The van der Waals surface area contributed by atoms with Gasteiger partial charge in [-0.3, -0.25) is 0 Å². The summed E-state index contributed by atoms with van der Waals surface area (Å²) < 4.78 is 13.0. The molecule has 0 bridgehead atoms. The zero-order chi connectivity index (χ0) is 13.8. The van der Waals surface area contributed by atoms with Crippen molar-refractivity contribution < 1.29 is 9.50 Å². The maximum atomic E-state index is 13.0. The van der Waals surface area contributed by atoms with Gasteiger partial charge >= 0.3 is 0 Å². The van der Waals surface area contributed by atoms with Crippen LogP contribution in [-0.2, 0) is 6.61 Å². The number of rotatable bonds is 4. The van der Waals surface area contributed by atoms with Crippen molar-refractivity contribution in [2.24, 2.45) is 0 Å². The highest BCUT2D eigenvalue weighted by Crippen LogP contribution is 2.24. The lowest BCUT2D eigenvalue weighted by Gasteiger charge is -2.23. The van der Waals surface area contributed by atoms with Crippen molar-refractivity contribution in [2.45, 2.75) is 20.5 Å². The molecule has 0 saturated carbocycles. The highest BCUT2D eigenvalue weighted by molar-refractivity contribution is 5.60. The third kappa shape index (κ3) is 3.09. The van der Waals surface area contributed by atoms with Crippen molar-refractivity contribution >= 4 is 11.5 Å². The van der Waals surface area contributed by atoms with Gasteiger partial charge in [0.2, 0.25) is 0 Å². The van der Waals surface area contributed by atoms with E-state index in [-0.39, 0.29) is 12.4 Å². The van der Waals surface area contributed by atoms with Gasteiger partial charge in [-0.15, -0.1) is 0 Å². The standard InChI is InChI=1S/C15H17FN2O/c1-3-18(14-6-4-13(16)5-7-14)15-9-12(10-19)8-11(2)17-15/h4-9,19H,3,10H2,1-2H3. The van der Waals surface area contributed by atoms with Gasteiger partial charge in [0, 0.05) is 17.9 Å². The Bertz CT molecular complexity index is 555. The van der Waals surface area contributed by atoms with Gasteiger partial charge in [0.1, 0.15) is 11.6 Å². The maximum Gasteiger partial charge on any atom is 0.133 e. The van der Waals surface area contributed by atoms with Gasteiger partial charge in [-0.05, 0) is 55.8 Å². The molecular weight excluding hydrogens is 243 g/mol. The highest BCUT2D eigenvalue weighted by atomic mass is 19.1. The quantitative estimate of drug-likeness (QED) is 0.917. The van der Waals surface area contributed by atoms with Crippen LogP contribution in [0.4, 0.5) is 15.9 Å². The van der Waals surface area contributed by atoms with E-state index in [1.807, 2.05) is 30.9 Å². The van der Waals surface area contributed by atoms with E-state index >= 15 is 0 Å². The first-order chi connectivity index (χ1) is 9.13. The summed E-state index contributed by atoms with van der Waals surface area (Å²) in [6.07, 6.45) is 0. The van der Waals surface area contributed by atoms with Gasteiger partial charge in [0.15, 0.2) is 0 Å². The van der Waals surface area contributed by atoms with E-state index in [2.05, 4.69) is 4.98 Å². The lowest BCUT2D eigenvalue weighted by molar-refractivity contribution is 0.281. The SMILES string of the molecule is CCN(c1ccc(F)cc1)c1cc(CO)cc(C)n1. The summed E-state index contributed by atoms with van der Waals surface area (Å²) >= 11 is 0. The van der Waals surface area contributed by atoms with Gasteiger partial charge in [0.05, 0.1) is 6.61 Å². The lowest BCUT2D eigenvalue weighted by atomic mass is 10.2. The van der Waals surface area contributed by atoms with E-state index in [9.17, 15) is 9.50 Å². The van der Waals surface area contributed by atoms with Crippen molar-refractivity contribution in [1.82, 2.24) is 4.98 Å². The fraction of sp³-hybridized carbons (Fsp3) is 0.267. The molecule has 0 amide bonds. The van der Waals surface area contributed by atoms with Crippen LogP contribution in [0.2, 0.25) is 0 Å². The van der Waals surface area contributed by atoms with E-state index in [0.29, 0.717) is 6.54 Å². The minimum absolute atomic E-state index is 0.0165. The molecule has 0 atom stereocenters. The summed E-state index contributed by atoms with van der Waals surface area (Å²) in [5.74, 6) is 0.506.